The molecule has 2 heterocycles. The summed E-state index contributed by atoms with van der Waals surface area (Å²) in [7, 11) is 4.30. The molecule has 0 aromatic carbocycles. The van der Waals surface area contributed by atoms with Gasteiger partial charge in [0.05, 0.1) is 13.2 Å². The number of rotatable bonds is 4. The van der Waals surface area contributed by atoms with Crippen LogP contribution < -0.4 is 11.1 Å². The highest BCUT2D eigenvalue weighted by Crippen LogP contribution is 2.12. The molecule has 2 aliphatic rings. The third-order valence-corrected chi connectivity index (χ3v) is 4.10. The maximum absolute atomic E-state index is 5.48. The van der Waals surface area contributed by atoms with Gasteiger partial charge in [-0.25, -0.2) is 0 Å². The molecule has 0 saturated carbocycles. The topological polar surface area (TPSA) is 53.8 Å². The molecular formula is C16H42N4O. The Morgan fingerprint density at radius 3 is 2.29 bits per heavy atom. The van der Waals surface area contributed by atoms with Gasteiger partial charge in [0.15, 0.2) is 0 Å². The van der Waals surface area contributed by atoms with Gasteiger partial charge in [-0.2, -0.15) is 0 Å². The molecule has 21 heavy (non-hydrogen) atoms. The quantitative estimate of drug-likeness (QED) is 0.824. The predicted molar refractivity (Wildman–Crippen MR) is 96.1 cm³/mol. The van der Waals surface area contributed by atoms with E-state index in [0.29, 0.717) is 12.1 Å². The van der Waals surface area contributed by atoms with E-state index in [4.69, 9.17) is 10.5 Å². The minimum Gasteiger partial charge on any atom is -0.378 e. The van der Waals surface area contributed by atoms with Crippen LogP contribution in [0.15, 0.2) is 0 Å². The molecule has 5 nitrogen and oxygen atoms in total. The predicted octanol–water partition coefficient (Wildman–Crippen LogP) is 1.48. The van der Waals surface area contributed by atoms with Gasteiger partial charge in [-0.1, -0.05) is 20.8 Å². The van der Waals surface area contributed by atoms with Crippen molar-refractivity contribution in [1.29, 1.82) is 0 Å². The van der Waals surface area contributed by atoms with Crippen molar-refractivity contribution in [2.24, 2.45) is 5.73 Å². The summed E-state index contributed by atoms with van der Waals surface area (Å²) < 4.78 is 5.37. The first-order valence-electron chi connectivity index (χ1n) is 8.58. The summed E-state index contributed by atoms with van der Waals surface area (Å²) in [6.45, 7) is 13.1. The molecule has 132 valence electrons. The molecule has 0 aromatic rings. The number of morpholine rings is 1. The van der Waals surface area contributed by atoms with Crippen molar-refractivity contribution in [3.8, 4) is 0 Å². The molecule has 0 aliphatic carbocycles. The lowest BCUT2D eigenvalue weighted by Crippen LogP contribution is -2.48. The monoisotopic (exact) mass is 306 g/mol. The highest BCUT2D eigenvalue weighted by molar-refractivity contribution is 4.76. The fourth-order valence-corrected chi connectivity index (χ4v) is 2.54. The maximum Gasteiger partial charge on any atom is 0.0634 e. The van der Waals surface area contributed by atoms with Gasteiger partial charge in [-0.15, -0.1) is 0 Å². The molecule has 0 aromatic heterocycles. The summed E-state index contributed by atoms with van der Waals surface area (Å²) in [5.74, 6) is 0. The van der Waals surface area contributed by atoms with Gasteiger partial charge in [0.1, 0.15) is 0 Å². The second-order valence-electron chi connectivity index (χ2n) is 5.53. The van der Waals surface area contributed by atoms with Crippen LogP contribution in [0.2, 0.25) is 0 Å². The molecule has 2 saturated heterocycles. The Morgan fingerprint density at radius 2 is 1.86 bits per heavy atom. The van der Waals surface area contributed by atoms with E-state index in [1.165, 1.54) is 19.4 Å². The highest BCUT2D eigenvalue weighted by Gasteiger charge is 2.18. The fourth-order valence-electron chi connectivity index (χ4n) is 2.54. The van der Waals surface area contributed by atoms with Crippen LogP contribution in [0.25, 0.3) is 0 Å². The lowest BCUT2D eigenvalue weighted by molar-refractivity contribution is 0.00663. The normalized spacial score (nSPS) is 26.6. The molecule has 2 rings (SSSR count). The van der Waals surface area contributed by atoms with Crippen LogP contribution in [0.3, 0.4) is 0 Å². The van der Waals surface area contributed by atoms with Gasteiger partial charge < -0.3 is 20.7 Å². The summed E-state index contributed by atoms with van der Waals surface area (Å²) in [5.41, 5.74) is 5.48. The summed E-state index contributed by atoms with van der Waals surface area (Å²) in [5, 5.41) is 3.33. The van der Waals surface area contributed by atoms with Crippen molar-refractivity contribution in [3.05, 3.63) is 0 Å². The number of nitrogens with one attached hydrogen (secondary N) is 1. The highest BCUT2D eigenvalue weighted by atomic mass is 16.5. The second-order valence-corrected chi connectivity index (χ2v) is 5.53. The fraction of sp³-hybridized carbons (Fsp3) is 1.00. The van der Waals surface area contributed by atoms with Gasteiger partial charge in [-0.3, -0.25) is 4.90 Å². The Balaban J connectivity index is -0.000000300. The number of likely N-dealkylation sites (N-methyl/N-ethyl adjacent to an activating group) is 3. The number of hydrogen-bond donors (Lipinski definition) is 2. The van der Waals surface area contributed by atoms with E-state index < -0.39 is 0 Å². The van der Waals surface area contributed by atoms with Crippen molar-refractivity contribution in [3.63, 3.8) is 0 Å². The molecule has 5 heteroatoms. The smallest absolute Gasteiger partial charge is 0.0634 e. The first-order valence-corrected chi connectivity index (χ1v) is 8.58. The van der Waals surface area contributed by atoms with Crippen molar-refractivity contribution in [1.82, 2.24) is 15.1 Å². The minimum absolute atomic E-state index is 0. The van der Waals surface area contributed by atoms with E-state index in [1.807, 2.05) is 13.8 Å². The third-order valence-electron chi connectivity index (χ3n) is 4.10. The molecule has 2 unspecified atom stereocenters. The van der Waals surface area contributed by atoms with E-state index in [1.54, 1.807) is 0 Å². The van der Waals surface area contributed by atoms with Crippen LogP contribution >= 0.6 is 0 Å². The summed E-state index contributed by atoms with van der Waals surface area (Å²) in [6, 6.07) is 1.25. The van der Waals surface area contributed by atoms with Gasteiger partial charge in [0.2, 0.25) is 0 Å². The third kappa shape index (κ3) is 8.73. The van der Waals surface area contributed by atoms with Crippen LogP contribution in [0.1, 0.15) is 36.5 Å². The Bertz CT molecular complexity index is 238. The van der Waals surface area contributed by atoms with Crippen molar-refractivity contribution in [2.45, 2.75) is 45.7 Å². The van der Waals surface area contributed by atoms with E-state index in [-0.39, 0.29) is 2.85 Å². The average Bonchev–Trinajstić information content (AvgIpc) is 2.94. The van der Waals surface area contributed by atoms with E-state index in [9.17, 15) is 0 Å². The Morgan fingerprint density at radius 1 is 1.19 bits per heavy atom. The van der Waals surface area contributed by atoms with Crippen LogP contribution in [0.5, 0.6) is 0 Å². The van der Waals surface area contributed by atoms with Crippen molar-refractivity contribution < 1.29 is 7.59 Å². The molecule has 0 amide bonds. The maximum atomic E-state index is 5.48. The molecule has 2 aliphatic heterocycles. The van der Waals surface area contributed by atoms with Gasteiger partial charge in [0.25, 0.3) is 0 Å². The van der Waals surface area contributed by atoms with Crippen molar-refractivity contribution in [2.75, 3.05) is 60.0 Å². The zero-order valence-electron chi connectivity index (χ0n) is 14.9. The van der Waals surface area contributed by atoms with Gasteiger partial charge in [0, 0.05) is 34.6 Å². The Kier molecular flexibility index (Phi) is 13.3. The lowest BCUT2D eigenvalue weighted by atomic mass is 10.2. The summed E-state index contributed by atoms with van der Waals surface area (Å²) >= 11 is 0. The summed E-state index contributed by atoms with van der Waals surface area (Å²) in [6.07, 6.45) is 2.63. The molecule has 3 N–H and O–H groups in total. The van der Waals surface area contributed by atoms with Crippen LogP contribution in [-0.4, -0.2) is 81.9 Å². The SMILES string of the molecule is CC.CCNCC1COCCN1C.CN1CCCC1CN.[HH].[HH]. The number of ether oxygens (including phenoxy) is 1. The van der Waals surface area contributed by atoms with Gasteiger partial charge in [-0.05, 0) is 40.0 Å². The number of hydrogen-bond acceptors (Lipinski definition) is 5. The zero-order chi connectivity index (χ0) is 16.1. The molecule has 2 fully saturated rings. The van der Waals surface area contributed by atoms with Crippen LogP contribution in [-0.2, 0) is 4.74 Å². The number of nitrogens with two attached hydrogens (primary N) is 1. The first-order chi connectivity index (χ1) is 10.2. The van der Waals surface area contributed by atoms with E-state index in [2.05, 4.69) is 36.1 Å². The molecule has 2 atom stereocenters. The number of likely N-dealkylation sites (tertiary alicyclic amines) is 1. The lowest BCUT2D eigenvalue weighted by Gasteiger charge is -2.32. The Labute approximate surface area is 135 Å². The molecular weight excluding hydrogens is 264 g/mol. The molecule has 0 radical (unpaired) electrons. The number of nitrogens with zero attached hydrogens (tertiary/aromatic N) is 2. The standard InChI is InChI=1S/C8H18N2O.C6H14N2.C2H6.2H2/c1-3-9-6-8-7-11-5-4-10(8)2;1-8-4-2-3-6(8)5-7;1-2;;/h8-9H,3-7H2,1-2H3;6H,2-5,7H2,1H3;1-2H3;2*1H. The summed E-state index contributed by atoms with van der Waals surface area (Å²) in [4.78, 5) is 4.69. The van der Waals surface area contributed by atoms with E-state index >= 15 is 0 Å². The minimum atomic E-state index is 0. The largest absolute Gasteiger partial charge is 0.378 e. The molecule has 0 bridgehead atoms. The Hall–Kier alpha value is -0.200. The second kappa shape index (κ2) is 13.5. The zero-order valence-corrected chi connectivity index (χ0v) is 14.9. The van der Waals surface area contributed by atoms with Crippen LogP contribution in [0, 0.1) is 0 Å². The van der Waals surface area contributed by atoms with Gasteiger partial charge >= 0.3 is 0 Å². The van der Waals surface area contributed by atoms with Crippen molar-refractivity contribution >= 4 is 0 Å². The van der Waals surface area contributed by atoms with Crippen LogP contribution in [0.4, 0.5) is 0 Å². The first kappa shape index (κ1) is 20.8. The molecule has 0 spiro atoms. The average molecular weight is 307 g/mol. The van der Waals surface area contributed by atoms with E-state index in [0.717, 1.165) is 39.4 Å².